The third kappa shape index (κ3) is 4.49. The first kappa shape index (κ1) is 16.8. The fourth-order valence-electron chi connectivity index (χ4n) is 2.17. The normalized spacial score (nSPS) is 10.2. The van der Waals surface area contributed by atoms with Gasteiger partial charge in [-0.3, -0.25) is 4.79 Å². The zero-order chi connectivity index (χ0) is 17.6. The van der Waals surface area contributed by atoms with Crippen molar-refractivity contribution in [3.8, 4) is 5.75 Å². The molecule has 0 saturated heterocycles. The Hall–Kier alpha value is -3.05. The number of halogens is 1. The highest BCUT2D eigenvalue weighted by molar-refractivity contribution is 6.30. The lowest BCUT2D eigenvalue weighted by Crippen LogP contribution is -2.12. The second-order valence-corrected chi connectivity index (χ2v) is 5.68. The van der Waals surface area contributed by atoms with Gasteiger partial charge in [-0.25, -0.2) is 4.98 Å². The maximum absolute atomic E-state index is 12.2. The van der Waals surface area contributed by atoms with Crippen LogP contribution in [0.25, 0.3) is 0 Å². The predicted molar refractivity (Wildman–Crippen MR) is 99.9 cm³/mol. The van der Waals surface area contributed by atoms with E-state index in [1.165, 1.54) is 0 Å². The standard InChI is InChI=1S/C19H16ClN3O2/c1-25-17-9-2-13(3-10-17)19(24)23-18-11-8-16(12-21-18)22-15-6-4-14(20)5-7-15/h2-12,22H,1H3,(H,21,23,24). The number of ether oxygens (including phenoxy) is 1. The fourth-order valence-corrected chi connectivity index (χ4v) is 2.30. The monoisotopic (exact) mass is 353 g/mol. The summed E-state index contributed by atoms with van der Waals surface area (Å²) in [7, 11) is 1.58. The zero-order valence-corrected chi connectivity index (χ0v) is 14.2. The number of carbonyl (C=O) groups excluding carboxylic acids is 1. The van der Waals surface area contributed by atoms with Crippen LogP contribution in [0.5, 0.6) is 5.75 Å². The predicted octanol–water partition coefficient (Wildman–Crippen LogP) is 4.74. The molecule has 0 unspecified atom stereocenters. The molecule has 0 aliphatic rings. The number of nitrogens with zero attached hydrogens (tertiary/aromatic N) is 1. The molecule has 0 saturated carbocycles. The van der Waals surface area contributed by atoms with Crippen LogP contribution in [-0.2, 0) is 0 Å². The molecule has 0 radical (unpaired) electrons. The number of anilines is 3. The number of hydrogen-bond acceptors (Lipinski definition) is 4. The molecule has 5 nitrogen and oxygen atoms in total. The van der Waals surface area contributed by atoms with Gasteiger partial charge in [0.05, 0.1) is 19.0 Å². The van der Waals surface area contributed by atoms with Gasteiger partial charge in [-0.1, -0.05) is 11.6 Å². The summed E-state index contributed by atoms with van der Waals surface area (Å²) in [6.45, 7) is 0. The molecule has 0 bridgehead atoms. The van der Waals surface area contributed by atoms with Crippen LogP contribution in [0, 0.1) is 0 Å². The molecule has 2 N–H and O–H groups in total. The van der Waals surface area contributed by atoms with Crippen molar-refractivity contribution in [1.29, 1.82) is 0 Å². The summed E-state index contributed by atoms with van der Waals surface area (Å²) in [5, 5.41) is 6.65. The maximum Gasteiger partial charge on any atom is 0.256 e. The lowest BCUT2D eigenvalue weighted by molar-refractivity contribution is 0.102. The van der Waals surface area contributed by atoms with Gasteiger partial charge < -0.3 is 15.4 Å². The minimum Gasteiger partial charge on any atom is -0.497 e. The van der Waals surface area contributed by atoms with E-state index in [9.17, 15) is 4.79 Å². The van der Waals surface area contributed by atoms with Crippen molar-refractivity contribution in [3.05, 3.63) is 77.4 Å². The molecule has 1 aromatic heterocycles. The number of hydrogen-bond donors (Lipinski definition) is 2. The molecule has 6 heteroatoms. The lowest BCUT2D eigenvalue weighted by Gasteiger charge is -2.08. The van der Waals surface area contributed by atoms with Gasteiger partial charge in [0.15, 0.2) is 0 Å². The van der Waals surface area contributed by atoms with E-state index in [0.717, 1.165) is 11.4 Å². The number of pyridine rings is 1. The highest BCUT2D eigenvalue weighted by atomic mass is 35.5. The first-order chi connectivity index (χ1) is 12.1. The van der Waals surface area contributed by atoms with Gasteiger partial charge >= 0.3 is 0 Å². The first-order valence-corrected chi connectivity index (χ1v) is 7.96. The van der Waals surface area contributed by atoms with Gasteiger partial charge in [0.25, 0.3) is 5.91 Å². The van der Waals surface area contributed by atoms with Crippen molar-refractivity contribution in [2.24, 2.45) is 0 Å². The van der Waals surface area contributed by atoms with Crippen molar-refractivity contribution in [3.63, 3.8) is 0 Å². The van der Waals surface area contributed by atoms with Crippen molar-refractivity contribution >= 4 is 34.7 Å². The summed E-state index contributed by atoms with van der Waals surface area (Å²) in [6, 6.07) is 17.8. The Morgan fingerprint density at radius 3 is 2.24 bits per heavy atom. The number of amides is 1. The molecule has 25 heavy (non-hydrogen) atoms. The average Bonchev–Trinajstić information content (AvgIpc) is 2.65. The van der Waals surface area contributed by atoms with Gasteiger partial charge in [0.1, 0.15) is 11.6 Å². The third-order valence-corrected chi connectivity index (χ3v) is 3.74. The smallest absolute Gasteiger partial charge is 0.256 e. The van der Waals surface area contributed by atoms with Crippen LogP contribution in [0.4, 0.5) is 17.2 Å². The molecule has 1 heterocycles. The van der Waals surface area contributed by atoms with Gasteiger partial charge in [-0.15, -0.1) is 0 Å². The van der Waals surface area contributed by atoms with Gasteiger partial charge in [-0.05, 0) is 60.7 Å². The molecule has 126 valence electrons. The summed E-state index contributed by atoms with van der Waals surface area (Å²) in [4.78, 5) is 16.4. The lowest BCUT2D eigenvalue weighted by atomic mass is 10.2. The molecule has 0 spiro atoms. The fraction of sp³-hybridized carbons (Fsp3) is 0.0526. The van der Waals surface area contributed by atoms with Crippen molar-refractivity contribution in [2.45, 2.75) is 0 Å². The van der Waals surface area contributed by atoms with E-state index in [1.54, 1.807) is 55.8 Å². The molecule has 0 aliphatic heterocycles. The van der Waals surface area contributed by atoms with Gasteiger partial charge in [0, 0.05) is 16.3 Å². The second kappa shape index (κ2) is 7.68. The summed E-state index contributed by atoms with van der Waals surface area (Å²) < 4.78 is 5.08. The second-order valence-electron chi connectivity index (χ2n) is 5.25. The summed E-state index contributed by atoms with van der Waals surface area (Å²) >= 11 is 5.86. The summed E-state index contributed by atoms with van der Waals surface area (Å²) in [6.07, 6.45) is 1.65. The Bertz CT molecular complexity index is 847. The van der Waals surface area contributed by atoms with E-state index >= 15 is 0 Å². The average molecular weight is 354 g/mol. The summed E-state index contributed by atoms with van der Waals surface area (Å²) in [5.41, 5.74) is 2.25. The Labute approximate surface area is 150 Å². The summed E-state index contributed by atoms with van der Waals surface area (Å²) in [5.74, 6) is 0.948. The number of benzene rings is 2. The highest BCUT2D eigenvalue weighted by Gasteiger charge is 2.07. The molecule has 0 fully saturated rings. The Balaban J connectivity index is 1.63. The minimum absolute atomic E-state index is 0.228. The Morgan fingerprint density at radius 1 is 0.960 bits per heavy atom. The van der Waals surface area contributed by atoms with Crippen LogP contribution < -0.4 is 15.4 Å². The number of carbonyl (C=O) groups is 1. The van der Waals surface area contributed by atoms with E-state index in [2.05, 4.69) is 15.6 Å². The topological polar surface area (TPSA) is 63.2 Å². The maximum atomic E-state index is 12.2. The number of rotatable bonds is 5. The van der Waals surface area contributed by atoms with E-state index in [0.29, 0.717) is 22.2 Å². The zero-order valence-electron chi connectivity index (χ0n) is 13.5. The largest absolute Gasteiger partial charge is 0.497 e. The van der Waals surface area contributed by atoms with Crippen LogP contribution in [0.3, 0.4) is 0 Å². The van der Waals surface area contributed by atoms with E-state index in [-0.39, 0.29) is 5.91 Å². The highest BCUT2D eigenvalue weighted by Crippen LogP contribution is 2.19. The number of nitrogens with one attached hydrogen (secondary N) is 2. The van der Waals surface area contributed by atoms with E-state index in [1.807, 2.05) is 18.2 Å². The Kier molecular flexibility index (Phi) is 5.16. The van der Waals surface area contributed by atoms with Crippen LogP contribution in [0.2, 0.25) is 5.02 Å². The Morgan fingerprint density at radius 2 is 1.64 bits per heavy atom. The molecule has 1 amide bonds. The molecule has 0 atom stereocenters. The molecule has 3 aromatic rings. The van der Waals surface area contributed by atoms with Crippen molar-refractivity contribution < 1.29 is 9.53 Å². The van der Waals surface area contributed by atoms with E-state index < -0.39 is 0 Å². The molecule has 2 aromatic carbocycles. The SMILES string of the molecule is COc1ccc(C(=O)Nc2ccc(Nc3ccc(Cl)cc3)cn2)cc1. The quantitative estimate of drug-likeness (QED) is 0.695. The van der Waals surface area contributed by atoms with Crippen LogP contribution in [0.15, 0.2) is 66.9 Å². The third-order valence-electron chi connectivity index (χ3n) is 3.49. The van der Waals surface area contributed by atoms with Gasteiger partial charge in [0.2, 0.25) is 0 Å². The molecular formula is C19H16ClN3O2. The molecule has 3 rings (SSSR count). The van der Waals surface area contributed by atoms with Crippen LogP contribution in [0.1, 0.15) is 10.4 Å². The molecular weight excluding hydrogens is 338 g/mol. The van der Waals surface area contributed by atoms with Crippen LogP contribution >= 0.6 is 11.6 Å². The van der Waals surface area contributed by atoms with Crippen molar-refractivity contribution in [2.75, 3.05) is 17.7 Å². The van der Waals surface area contributed by atoms with E-state index in [4.69, 9.17) is 16.3 Å². The van der Waals surface area contributed by atoms with Crippen molar-refractivity contribution in [1.82, 2.24) is 4.98 Å². The number of aromatic nitrogens is 1. The number of methoxy groups -OCH3 is 1. The minimum atomic E-state index is -0.228. The van der Waals surface area contributed by atoms with Gasteiger partial charge in [-0.2, -0.15) is 0 Å². The first-order valence-electron chi connectivity index (χ1n) is 7.58. The molecule has 0 aliphatic carbocycles. The van der Waals surface area contributed by atoms with Crippen LogP contribution in [-0.4, -0.2) is 18.0 Å².